The molecule has 0 aromatic heterocycles. The van der Waals surface area contributed by atoms with Crippen molar-refractivity contribution >= 4 is 5.91 Å². The summed E-state index contributed by atoms with van der Waals surface area (Å²) in [6.07, 6.45) is 2.61. The summed E-state index contributed by atoms with van der Waals surface area (Å²) in [6.45, 7) is 5.84. The molecule has 20 heavy (non-hydrogen) atoms. The van der Waals surface area contributed by atoms with E-state index < -0.39 is 5.41 Å². The van der Waals surface area contributed by atoms with Crippen LogP contribution < -0.4 is 5.73 Å². The molecular formula is C17H25NO2. The topological polar surface area (TPSA) is 52.3 Å². The van der Waals surface area contributed by atoms with Crippen LogP contribution >= 0.6 is 0 Å². The van der Waals surface area contributed by atoms with Gasteiger partial charge in [0.15, 0.2) is 0 Å². The molecule has 3 atom stereocenters. The van der Waals surface area contributed by atoms with E-state index in [0.29, 0.717) is 12.5 Å². The smallest absolute Gasteiger partial charge is 0.228 e. The summed E-state index contributed by atoms with van der Waals surface area (Å²) >= 11 is 0. The molecule has 1 aromatic rings. The predicted molar refractivity (Wildman–Crippen MR) is 80.3 cm³/mol. The number of nitrogens with two attached hydrogens (primary N) is 1. The third-order valence-electron chi connectivity index (χ3n) is 4.94. The third kappa shape index (κ3) is 2.73. The molecule has 3 heteroatoms. The van der Waals surface area contributed by atoms with Gasteiger partial charge in [0.05, 0.1) is 5.41 Å². The molecule has 1 saturated heterocycles. The van der Waals surface area contributed by atoms with Crippen LogP contribution in [0, 0.1) is 11.8 Å². The van der Waals surface area contributed by atoms with Crippen molar-refractivity contribution in [2.75, 3.05) is 13.2 Å². The number of hydrogen-bond acceptors (Lipinski definition) is 2. The minimum atomic E-state index is -0.575. The number of benzene rings is 1. The molecule has 0 bridgehead atoms. The van der Waals surface area contributed by atoms with Gasteiger partial charge < -0.3 is 10.5 Å². The van der Waals surface area contributed by atoms with Crippen molar-refractivity contribution in [2.24, 2.45) is 17.6 Å². The normalized spacial score (nSPS) is 31.9. The molecule has 0 spiro atoms. The highest BCUT2D eigenvalue weighted by atomic mass is 16.5. The number of hydrogen-bond donors (Lipinski definition) is 1. The Morgan fingerprint density at radius 2 is 1.95 bits per heavy atom. The zero-order valence-corrected chi connectivity index (χ0v) is 12.5. The summed E-state index contributed by atoms with van der Waals surface area (Å²) in [5.41, 5.74) is 6.35. The summed E-state index contributed by atoms with van der Waals surface area (Å²) in [4.78, 5) is 12.4. The predicted octanol–water partition coefficient (Wildman–Crippen LogP) is 2.88. The van der Waals surface area contributed by atoms with E-state index in [-0.39, 0.29) is 11.8 Å². The summed E-state index contributed by atoms with van der Waals surface area (Å²) < 4.78 is 5.63. The summed E-state index contributed by atoms with van der Waals surface area (Å²) in [5.74, 6) is 0.412. The average molecular weight is 275 g/mol. The Labute approximate surface area is 121 Å². The Morgan fingerprint density at radius 1 is 1.25 bits per heavy atom. The van der Waals surface area contributed by atoms with E-state index in [1.165, 1.54) is 0 Å². The lowest BCUT2D eigenvalue weighted by molar-refractivity contribution is -0.126. The van der Waals surface area contributed by atoms with Crippen molar-refractivity contribution in [1.29, 1.82) is 0 Å². The van der Waals surface area contributed by atoms with Crippen LogP contribution in [0.4, 0.5) is 0 Å². The maximum atomic E-state index is 12.4. The van der Waals surface area contributed by atoms with Gasteiger partial charge in [0.2, 0.25) is 5.91 Å². The second kappa shape index (κ2) is 6.40. The molecule has 0 saturated carbocycles. The Hall–Kier alpha value is -1.35. The van der Waals surface area contributed by atoms with Crippen molar-refractivity contribution < 1.29 is 9.53 Å². The van der Waals surface area contributed by atoms with Crippen LogP contribution in [0.2, 0.25) is 0 Å². The first-order valence-corrected chi connectivity index (χ1v) is 7.52. The van der Waals surface area contributed by atoms with Crippen LogP contribution in [-0.4, -0.2) is 19.1 Å². The van der Waals surface area contributed by atoms with Gasteiger partial charge in [0, 0.05) is 13.2 Å². The fraction of sp³-hybridized carbons (Fsp3) is 0.588. The zero-order chi connectivity index (χ0) is 14.6. The summed E-state index contributed by atoms with van der Waals surface area (Å²) in [7, 11) is 0. The second-order valence-corrected chi connectivity index (χ2v) is 5.97. The number of carbonyl (C=O) groups excluding carboxylic acids is 1. The zero-order valence-electron chi connectivity index (χ0n) is 12.5. The maximum Gasteiger partial charge on any atom is 0.228 e. The van der Waals surface area contributed by atoms with E-state index >= 15 is 0 Å². The SMILES string of the molecule is CC1[C@H](C)CCOCCCC1(C(N)=O)c1ccccc1. The lowest BCUT2D eigenvalue weighted by Crippen LogP contribution is -2.48. The quantitative estimate of drug-likeness (QED) is 0.902. The Balaban J connectivity index is 2.48. The van der Waals surface area contributed by atoms with Crippen molar-refractivity contribution in [3.63, 3.8) is 0 Å². The standard InChI is InChI=1S/C17H25NO2/c1-13-9-12-20-11-6-10-17(14(13)2,16(18)19)15-7-4-3-5-8-15/h3-5,7-8,13-14H,6,9-12H2,1-2H3,(H2,18,19)/t13-,14?,17?/m1/s1. The monoisotopic (exact) mass is 275 g/mol. The highest BCUT2D eigenvalue weighted by Crippen LogP contribution is 2.42. The lowest BCUT2D eigenvalue weighted by atomic mass is 9.63. The van der Waals surface area contributed by atoms with Gasteiger partial charge in [-0.05, 0) is 36.7 Å². The number of rotatable bonds is 2. The van der Waals surface area contributed by atoms with Gasteiger partial charge in [-0.2, -0.15) is 0 Å². The molecule has 2 unspecified atom stereocenters. The molecule has 2 rings (SSSR count). The number of amides is 1. The Kier molecular flexibility index (Phi) is 4.81. The van der Waals surface area contributed by atoms with Gasteiger partial charge in [0.25, 0.3) is 0 Å². The van der Waals surface area contributed by atoms with Crippen molar-refractivity contribution in [3.8, 4) is 0 Å². The molecule has 110 valence electrons. The first-order valence-electron chi connectivity index (χ1n) is 7.52. The maximum absolute atomic E-state index is 12.4. The van der Waals surface area contributed by atoms with Gasteiger partial charge in [-0.15, -0.1) is 0 Å². The van der Waals surface area contributed by atoms with Crippen LogP contribution in [0.3, 0.4) is 0 Å². The molecule has 1 aliphatic rings. The van der Waals surface area contributed by atoms with Crippen molar-refractivity contribution in [1.82, 2.24) is 0 Å². The van der Waals surface area contributed by atoms with Crippen LogP contribution in [-0.2, 0) is 14.9 Å². The fourth-order valence-corrected chi connectivity index (χ4v) is 3.42. The number of carbonyl (C=O) groups is 1. The molecule has 0 aliphatic carbocycles. The van der Waals surface area contributed by atoms with Crippen LogP contribution in [0.15, 0.2) is 30.3 Å². The molecule has 1 heterocycles. The van der Waals surface area contributed by atoms with Gasteiger partial charge in [-0.3, -0.25) is 4.79 Å². The van der Waals surface area contributed by atoms with Gasteiger partial charge in [-0.1, -0.05) is 44.2 Å². The van der Waals surface area contributed by atoms with Crippen LogP contribution in [0.5, 0.6) is 0 Å². The van der Waals surface area contributed by atoms with Gasteiger partial charge in [-0.25, -0.2) is 0 Å². The first kappa shape index (κ1) is 15.0. The van der Waals surface area contributed by atoms with Gasteiger partial charge in [0.1, 0.15) is 0 Å². The highest BCUT2D eigenvalue weighted by Gasteiger charge is 2.45. The van der Waals surface area contributed by atoms with E-state index in [2.05, 4.69) is 13.8 Å². The molecular weight excluding hydrogens is 250 g/mol. The van der Waals surface area contributed by atoms with E-state index in [1.54, 1.807) is 0 Å². The summed E-state index contributed by atoms with van der Waals surface area (Å²) in [5, 5.41) is 0. The minimum Gasteiger partial charge on any atom is -0.381 e. The molecule has 1 aliphatic heterocycles. The second-order valence-electron chi connectivity index (χ2n) is 5.97. The average Bonchev–Trinajstić information content (AvgIpc) is 2.52. The molecule has 1 amide bonds. The largest absolute Gasteiger partial charge is 0.381 e. The Bertz CT molecular complexity index is 446. The molecule has 2 N–H and O–H groups in total. The van der Waals surface area contributed by atoms with Crippen LogP contribution in [0.25, 0.3) is 0 Å². The summed E-state index contributed by atoms with van der Waals surface area (Å²) in [6, 6.07) is 10.0. The van der Waals surface area contributed by atoms with E-state index in [4.69, 9.17) is 10.5 Å². The van der Waals surface area contributed by atoms with E-state index in [9.17, 15) is 4.79 Å². The molecule has 0 radical (unpaired) electrons. The minimum absolute atomic E-state index is 0.204. The van der Waals surface area contributed by atoms with Gasteiger partial charge >= 0.3 is 0 Å². The first-order chi connectivity index (χ1) is 9.59. The lowest BCUT2D eigenvalue weighted by Gasteiger charge is -2.39. The molecule has 1 fully saturated rings. The van der Waals surface area contributed by atoms with E-state index in [1.807, 2.05) is 30.3 Å². The van der Waals surface area contributed by atoms with Crippen molar-refractivity contribution in [3.05, 3.63) is 35.9 Å². The molecule has 1 aromatic carbocycles. The fourth-order valence-electron chi connectivity index (χ4n) is 3.42. The molecule has 3 nitrogen and oxygen atoms in total. The van der Waals surface area contributed by atoms with Crippen molar-refractivity contribution in [2.45, 2.75) is 38.5 Å². The number of ether oxygens (including phenoxy) is 1. The van der Waals surface area contributed by atoms with E-state index in [0.717, 1.165) is 31.4 Å². The number of primary amides is 1. The highest BCUT2D eigenvalue weighted by molar-refractivity contribution is 5.87. The third-order valence-corrected chi connectivity index (χ3v) is 4.94. The van der Waals surface area contributed by atoms with Crippen LogP contribution in [0.1, 0.15) is 38.7 Å². The Morgan fingerprint density at radius 3 is 2.60 bits per heavy atom.